The van der Waals surface area contributed by atoms with Crippen LogP contribution in [0.15, 0.2) is 17.0 Å². The summed E-state index contributed by atoms with van der Waals surface area (Å²) in [6.45, 7) is 9.75. The van der Waals surface area contributed by atoms with Crippen LogP contribution in [0.5, 0.6) is 0 Å². The van der Waals surface area contributed by atoms with Crippen molar-refractivity contribution in [1.29, 1.82) is 0 Å². The lowest BCUT2D eigenvalue weighted by Gasteiger charge is -2.25. The SMILES string of the molecule is CCC[C@H](C)N(C)S(=O)(=O)c1c(C)cc(C)cc1C. The number of hydrogen-bond acceptors (Lipinski definition) is 2. The summed E-state index contributed by atoms with van der Waals surface area (Å²) in [6.07, 6.45) is 1.85. The maximum atomic E-state index is 12.7. The van der Waals surface area contributed by atoms with Crippen LogP contribution in [0.2, 0.25) is 0 Å². The predicted octanol–water partition coefficient (Wildman–Crippen LogP) is 3.42. The highest BCUT2D eigenvalue weighted by Crippen LogP contribution is 2.26. The summed E-state index contributed by atoms with van der Waals surface area (Å²) in [5, 5.41) is 0. The highest BCUT2D eigenvalue weighted by molar-refractivity contribution is 7.89. The van der Waals surface area contributed by atoms with E-state index >= 15 is 0 Å². The van der Waals surface area contributed by atoms with E-state index in [1.54, 1.807) is 7.05 Å². The van der Waals surface area contributed by atoms with Gasteiger partial charge in [-0.05, 0) is 45.2 Å². The van der Waals surface area contributed by atoms with Crippen LogP contribution in [0.1, 0.15) is 43.4 Å². The van der Waals surface area contributed by atoms with E-state index in [2.05, 4.69) is 6.92 Å². The van der Waals surface area contributed by atoms with E-state index in [0.29, 0.717) is 4.90 Å². The van der Waals surface area contributed by atoms with E-state index in [1.807, 2.05) is 39.8 Å². The molecule has 0 bridgehead atoms. The van der Waals surface area contributed by atoms with Crippen molar-refractivity contribution in [2.24, 2.45) is 0 Å². The zero-order valence-electron chi connectivity index (χ0n) is 12.8. The molecule has 1 aromatic carbocycles. The van der Waals surface area contributed by atoms with Crippen LogP contribution in [0, 0.1) is 20.8 Å². The van der Waals surface area contributed by atoms with Crippen LogP contribution < -0.4 is 0 Å². The van der Waals surface area contributed by atoms with Crippen LogP contribution in [0.25, 0.3) is 0 Å². The van der Waals surface area contributed by atoms with Gasteiger partial charge in [-0.25, -0.2) is 8.42 Å². The molecule has 0 radical (unpaired) electrons. The molecule has 3 nitrogen and oxygen atoms in total. The third-order valence-corrected chi connectivity index (χ3v) is 5.85. The molecule has 0 aliphatic carbocycles. The van der Waals surface area contributed by atoms with Crippen molar-refractivity contribution in [2.75, 3.05) is 7.05 Å². The van der Waals surface area contributed by atoms with Gasteiger partial charge in [0.1, 0.15) is 0 Å². The molecule has 0 heterocycles. The van der Waals surface area contributed by atoms with Gasteiger partial charge < -0.3 is 0 Å². The van der Waals surface area contributed by atoms with E-state index < -0.39 is 10.0 Å². The van der Waals surface area contributed by atoms with E-state index in [0.717, 1.165) is 29.5 Å². The van der Waals surface area contributed by atoms with Gasteiger partial charge in [-0.3, -0.25) is 0 Å². The Morgan fingerprint density at radius 2 is 1.63 bits per heavy atom. The maximum Gasteiger partial charge on any atom is 0.243 e. The first-order valence-electron chi connectivity index (χ1n) is 6.77. The van der Waals surface area contributed by atoms with Gasteiger partial charge in [-0.2, -0.15) is 4.31 Å². The molecule has 0 amide bonds. The van der Waals surface area contributed by atoms with Gasteiger partial charge in [0.05, 0.1) is 4.90 Å². The first-order chi connectivity index (χ1) is 8.71. The predicted molar refractivity (Wildman–Crippen MR) is 80.0 cm³/mol. The highest BCUT2D eigenvalue weighted by Gasteiger charge is 2.27. The zero-order chi connectivity index (χ0) is 14.8. The number of nitrogens with zero attached hydrogens (tertiary/aromatic N) is 1. The molecule has 0 aromatic heterocycles. The Labute approximate surface area is 117 Å². The van der Waals surface area contributed by atoms with Gasteiger partial charge in [0.15, 0.2) is 0 Å². The van der Waals surface area contributed by atoms with Gasteiger partial charge in [-0.1, -0.05) is 31.0 Å². The lowest BCUT2D eigenvalue weighted by molar-refractivity contribution is 0.368. The molecule has 0 saturated heterocycles. The highest BCUT2D eigenvalue weighted by atomic mass is 32.2. The first-order valence-corrected chi connectivity index (χ1v) is 8.21. The van der Waals surface area contributed by atoms with Crippen molar-refractivity contribution >= 4 is 10.0 Å². The van der Waals surface area contributed by atoms with Crippen molar-refractivity contribution in [3.8, 4) is 0 Å². The van der Waals surface area contributed by atoms with Crippen molar-refractivity contribution in [1.82, 2.24) is 4.31 Å². The molecule has 0 fully saturated rings. The van der Waals surface area contributed by atoms with Crippen molar-refractivity contribution < 1.29 is 8.42 Å². The van der Waals surface area contributed by atoms with Crippen LogP contribution in [-0.2, 0) is 10.0 Å². The summed E-state index contributed by atoms with van der Waals surface area (Å²) in [5.74, 6) is 0. The van der Waals surface area contributed by atoms with Crippen LogP contribution in [-0.4, -0.2) is 25.8 Å². The van der Waals surface area contributed by atoms with Gasteiger partial charge in [0.25, 0.3) is 0 Å². The molecule has 0 aliphatic heterocycles. The Bertz CT molecular complexity index is 526. The Morgan fingerprint density at radius 1 is 1.16 bits per heavy atom. The molecule has 0 unspecified atom stereocenters. The largest absolute Gasteiger partial charge is 0.243 e. The fraction of sp³-hybridized carbons (Fsp3) is 0.600. The van der Waals surface area contributed by atoms with Gasteiger partial charge in [-0.15, -0.1) is 0 Å². The zero-order valence-corrected chi connectivity index (χ0v) is 13.6. The van der Waals surface area contributed by atoms with Crippen LogP contribution in [0.4, 0.5) is 0 Å². The normalized spacial score (nSPS) is 13.8. The summed E-state index contributed by atoms with van der Waals surface area (Å²) in [7, 11) is -1.73. The molecule has 0 N–H and O–H groups in total. The molecule has 0 aliphatic rings. The van der Waals surface area contributed by atoms with E-state index in [1.165, 1.54) is 4.31 Å². The summed E-state index contributed by atoms with van der Waals surface area (Å²) in [4.78, 5) is 0.462. The molecule has 19 heavy (non-hydrogen) atoms. The smallest absolute Gasteiger partial charge is 0.207 e. The van der Waals surface area contributed by atoms with Gasteiger partial charge in [0.2, 0.25) is 10.0 Å². The maximum absolute atomic E-state index is 12.7. The Kier molecular flexibility index (Phi) is 5.16. The molecule has 1 rings (SSSR count). The lowest BCUT2D eigenvalue weighted by atomic mass is 10.1. The second kappa shape index (κ2) is 6.06. The Hall–Kier alpha value is -0.870. The fourth-order valence-electron chi connectivity index (χ4n) is 2.55. The van der Waals surface area contributed by atoms with Crippen LogP contribution in [0.3, 0.4) is 0 Å². The summed E-state index contributed by atoms with van der Waals surface area (Å²) < 4.78 is 27.0. The van der Waals surface area contributed by atoms with Gasteiger partial charge >= 0.3 is 0 Å². The van der Waals surface area contributed by atoms with E-state index in [4.69, 9.17) is 0 Å². The van der Waals surface area contributed by atoms with E-state index in [9.17, 15) is 8.42 Å². The molecule has 0 spiro atoms. The minimum Gasteiger partial charge on any atom is -0.207 e. The monoisotopic (exact) mass is 283 g/mol. The number of sulfonamides is 1. The minimum absolute atomic E-state index is 0.0232. The third kappa shape index (κ3) is 3.37. The summed E-state index contributed by atoms with van der Waals surface area (Å²) in [6, 6.07) is 3.88. The molecule has 1 aromatic rings. The quantitative estimate of drug-likeness (QED) is 0.830. The van der Waals surface area contributed by atoms with E-state index in [-0.39, 0.29) is 6.04 Å². The standard InChI is InChI=1S/C15H25NO2S/c1-7-8-14(5)16(6)19(17,18)15-12(3)9-11(2)10-13(15)4/h9-10,14H,7-8H2,1-6H3/t14-/m0/s1. The van der Waals surface area contributed by atoms with Crippen molar-refractivity contribution in [3.05, 3.63) is 28.8 Å². The molecular formula is C15H25NO2S. The van der Waals surface area contributed by atoms with Crippen LogP contribution >= 0.6 is 0 Å². The first kappa shape index (κ1) is 16.2. The summed E-state index contributed by atoms with van der Waals surface area (Å²) in [5.41, 5.74) is 2.75. The lowest BCUT2D eigenvalue weighted by Crippen LogP contribution is -2.35. The number of aryl methyl sites for hydroxylation is 3. The fourth-order valence-corrected chi connectivity index (χ4v) is 4.35. The topological polar surface area (TPSA) is 37.4 Å². The molecule has 0 saturated carbocycles. The average Bonchev–Trinajstić information content (AvgIpc) is 2.26. The number of hydrogen-bond donors (Lipinski definition) is 0. The number of benzene rings is 1. The number of rotatable bonds is 5. The summed E-state index contributed by atoms with van der Waals surface area (Å²) >= 11 is 0. The molecular weight excluding hydrogens is 258 g/mol. The average molecular weight is 283 g/mol. The molecule has 108 valence electrons. The Balaban J connectivity index is 3.28. The van der Waals surface area contributed by atoms with Crippen molar-refractivity contribution in [3.63, 3.8) is 0 Å². The van der Waals surface area contributed by atoms with Crippen molar-refractivity contribution in [2.45, 2.75) is 58.4 Å². The minimum atomic E-state index is -3.41. The second-order valence-electron chi connectivity index (χ2n) is 5.39. The second-order valence-corrected chi connectivity index (χ2v) is 7.32. The molecule has 1 atom stereocenters. The van der Waals surface area contributed by atoms with Gasteiger partial charge in [0, 0.05) is 13.1 Å². The third-order valence-electron chi connectivity index (χ3n) is 3.57. The molecule has 4 heteroatoms. The Morgan fingerprint density at radius 3 is 2.05 bits per heavy atom.